The van der Waals surface area contributed by atoms with Crippen molar-refractivity contribution >= 4 is 17.4 Å². The number of amides is 1. The highest BCUT2D eigenvalue weighted by atomic mass is 32.1. The molecule has 1 atom stereocenters. The molecule has 0 fully saturated rings. The highest BCUT2D eigenvalue weighted by molar-refractivity contribution is 7.13. The molecule has 0 saturated heterocycles. The fourth-order valence-electron chi connectivity index (χ4n) is 2.87. The van der Waals surface area contributed by atoms with Gasteiger partial charge in [0.2, 0.25) is 0 Å². The molecule has 6 heteroatoms. The van der Waals surface area contributed by atoms with E-state index < -0.39 is 11.6 Å². The standard InChI is InChI=1S/C18H25N3O2S/c1-12-16(24-11-20-12)14-8-6-13(7-9-14)15(10-19-5)21(17(22)23)18(2,3)4/h6-9,11,15,19H,10H2,1-5H3,(H,22,23)/t15-/m0/s1. The molecule has 0 unspecified atom stereocenters. The molecule has 24 heavy (non-hydrogen) atoms. The molecule has 1 heterocycles. The number of hydrogen-bond donors (Lipinski definition) is 2. The van der Waals surface area contributed by atoms with Crippen molar-refractivity contribution in [3.05, 3.63) is 41.0 Å². The average molecular weight is 347 g/mol. The Labute approximate surface area is 147 Å². The van der Waals surface area contributed by atoms with Crippen LogP contribution < -0.4 is 5.32 Å². The zero-order chi connectivity index (χ0) is 17.9. The van der Waals surface area contributed by atoms with Gasteiger partial charge in [-0.1, -0.05) is 24.3 Å². The number of aromatic nitrogens is 1. The lowest BCUT2D eigenvalue weighted by Gasteiger charge is -2.40. The molecule has 0 radical (unpaired) electrons. The minimum atomic E-state index is -0.912. The van der Waals surface area contributed by atoms with Crippen LogP contribution in [0, 0.1) is 6.92 Å². The zero-order valence-electron chi connectivity index (χ0n) is 14.8. The van der Waals surface area contributed by atoms with Crippen LogP contribution >= 0.6 is 11.3 Å². The summed E-state index contributed by atoms with van der Waals surface area (Å²) in [6.07, 6.45) is -0.912. The Kier molecular flexibility index (Phi) is 5.62. The number of rotatable bonds is 5. The van der Waals surface area contributed by atoms with Gasteiger partial charge in [-0.3, -0.25) is 4.90 Å². The van der Waals surface area contributed by atoms with Gasteiger partial charge < -0.3 is 10.4 Å². The summed E-state index contributed by atoms with van der Waals surface area (Å²) in [5.74, 6) is 0. The van der Waals surface area contributed by atoms with Gasteiger partial charge >= 0.3 is 6.09 Å². The Morgan fingerprint density at radius 1 is 1.33 bits per heavy atom. The molecule has 130 valence electrons. The molecule has 0 aliphatic rings. The monoisotopic (exact) mass is 347 g/mol. The molecule has 2 N–H and O–H groups in total. The van der Waals surface area contributed by atoms with Crippen molar-refractivity contribution in [1.29, 1.82) is 0 Å². The van der Waals surface area contributed by atoms with Crippen molar-refractivity contribution in [2.75, 3.05) is 13.6 Å². The first kappa shape index (κ1) is 18.4. The quantitative estimate of drug-likeness (QED) is 0.852. The molecule has 0 saturated carbocycles. The van der Waals surface area contributed by atoms with Crippen LogP contribution in [0.2, 0.25) is 0 Å². The summed E-state index contributed by atoms with van der Waals surface area (Å²) < 4.78 is 0. The third-order valence-electron chi connectivity index (χ3n) is 3.94. The van der Waals surface area contributed by atoms with E-state index in [0.29, 0.717) is 6.54 Å². The number of carboxylic acid groups (broad SMARTS) is 1. The first-order chi connectivity index (χ1) is 11.3. The predicted molar refractivity (Wildman–Crippen MR) is 98.6 cm³/mol. The second-order valence-corrected chi connectivity index (χ2v) is 7.64. The van der Waals surface area contributed by atoms with Crippen LogP contribution in [0.1, 0.15) is 38.1 Å². The van der Waals surface area contributed by atoms with Gasteiger partial charge in [-0.25, -0.2) is 9.78 Å². The number of thiazole rings is 1. The minimum Gasteiger partial charge on any atom is -0.465 e. The van der Waals surface area contributed by atoms with Crippen molar-refractivity contribution in [3.63, 3.8) is 0 Å². The van der Waals surface area contributed by atoms with Crippen molar-refractivity contribution < 1.29 is 9.90 Å². The zero-order valence-corrected chi connectivity index (χ0v) is 15.6. The van der Waals surface area contributed by atoms with E-state index in [4.69, 9.17) is 0 Å². The number of nitrogens with zero attached hydrogens (tertiary/aromatic N) is 2. The van der Waals surface area contributed by atoms with Crippen LogP contribution in [-0.2, 0) is 0 Å². The summed E-state index contributed by atoms with van der Waals surface area (Å²) in [5, 5.41) is 12.8. The van der Waals surface area contributed by atoms with E-state index in [0.717, 1.165) is 21.7 Å². The van der Waals surface area contributed by atoms with Gasteiger partial charge in [-0.05, 0) is 45.9 Å². The lowest BCUT2D eigenvalue weighted by Crippen LogP contribution is -2.49. The summed E-state index contributed by atoms with van der Waals surface area (Å²) in [6.45, 7) is 8.30. The molecule has 0 spiro atoms. The Morgan fingerprint density at radius 2 is 1.96 bits per heavy atom. The maximum atomic E-state index is 11.8. The van der Waals surface area contributed by atoms with Crippen LogP contribution in [-0.4, -0.2) is 40.2 Å². The highest BCUT2D eigenvalue weighted by Gasteiger charge is 2.33. The molecule has 1 aromatic heterocycles. The summed E-state index contributed by atoms with van der Waals surface area (Å²) >= 11 is 1.61. The Hall–Kier alpha value is -1.92. The van der Waals surface area contributed by atoms with Crippen LogP contribution in [0.4, 0.5) is 4.79 Å². The van der Waals surface area contributed by atoms with Gasteiger partial charge in [0.15, 0.2) is 0 Å². The second-order valence-electron chi connectivity index (χ2n) is 6.79. The summed E-state index contributed by atoms with van der Waals surface area (Å²) in [4.78, 5) is 18.8. The normalized spacial score (nSPS) is 12.9. The van der Waals surface area contributed by atoms with E-state index in [1.807, 2.05) is 64.5 Å². The Bertz CT molecular complexity index is 689. The average Bonchev–Trinajstić information content (AvgIpc) is 2.91. The Morgan fingerprint density at radius 3 is 2.38 bits per heavy atom. The SMILES string of the molecule is CNC[C@@H](c1ccc(-c2scnc2C)cc1)N(C(=O)O)C(C)(C)C. The number of carbonyl (C=O) groups is 1. The summed E-state index contributed by atoms with van der Waals surface area (Å²) in [5.41, 5.74) is 4.46. The van der Waals surface area contributed by atoms with Crippen LogP contribution in [0.15, 0.2) is 29.8 Å². The van der Waals surface area contributed by atoms with Gasteiger partial charge in [-0.15, -0.1) is 11.3 Å². The topological polar surface area (TPSA) is 65.5 Å². The summed E-state index contributed by atoms with van der Waals surface area (Å²) in [7, 11) is 1.84. The fraction of sp³-hybridized carbons (Fsp3) is 0.444. The number of benzene rings is 1. The molecular formula is C18H25N3O2S. The van der Waals surface area contributed by atoms with E-state index >= 15 is 0 Å². The van der Waals surface area contributed by atoms with Crippen molar-refractivity contribution in [1.82, 2.24) is 15.2 Å². The van der Waals surface area contributed by atoms with Gasteiger partial charge in [0.1, 0.15) is 0 Å². The minimum absolute atomic E-state index is 0.246. The number of nitrogens with one attached hydrogen (secondary N) is 1. The smallest absolute Gasteiger partial charge is 0.408 e. The van der Waals surface area contributed by atoms with Crippen molar-refractivity contribution in [3.8, 4) is 10.4 Å². The van der Waals surface area contributed by atoms with E-state index in [9.17, 15) is 9.90 Å². The molecular weight excluding hydrogens is 322 g/mol. The van der Waals surface area contributed by atoms with Crippen molar-refractivity contribution in [2.24, 2.45) is 0 Å². The van der Waals surface area contributed by atoms with Crippen LogP contribution in [0.3, 0.4) is 0 Å². The van der Waals surface area contributed by atoms with Gasteiger partial charge in [-0.2, -0.15) is 0 Å². The molecule has 0 aliphatic carbocycles. The van der Waals surface area contributed by atoms with E-state index in [1.165, 1.54) is 4.90 Å². The molecule has 0 bridgehead atoms. The van der Waals surface area contributed by atoms with Crippen LogP contribution in [0.25, 0.3) is 10.4 Å². The molecule has 2 rings (SSSR count). The first-order valence-electron chi connectivity index (χ1n) is 7.93. The Balaban J connectivity index is 2.38. The molecule has 1 aromatic carbocycles. The van der Waals surface area contributed by atoms with Crippen molar-refractivity contribution in [2.45, 2.75) is 39.3 Å². The lowest BCUT2D eigenvalue weighted by atomic mass is 9.97. The fourth-order valence-corrected chi connectivity index (χ4v) is 3.69. The van der Waals surface area contributed by atoms with Gasteiger partial charge in [0, 0.05) is 12.1 Å². The lowest BCUT2D eigenvalue weighted by molar-refractivity contribution is 0.0700. The van der Waals surface area contributed by atoms with Gasteiger partial charge in [0.25, 0.3) is 0 Å². The first-order valence-corrected chi connectivity index (χ1v) is 8.81. The maximum absolute atomic E-state index is 11.8. The van der Waals surface area contributed by atoms with E-state index in [-0.39, 0.29) is 6.04 Å². The number of hydrogen-bond acceptors (Lipinski definition) is 4. The second kappa shape index (κ2) is 7.32. The number of aryl methyl sites for hydroxylation is 1. The molecule has 5 nitrogen and oxygen atoms in total. The van der Waals surface area contributed by atoms with E-state index in [2.05, 4.69) is 10.3 Å². The third-order valence-corrected chi connectivity index (χ3v) is 4.92. The van der Waals surface area contributed by atoms with Crippen LogP contribution in [0.5, 0.6) is 0 Å². The molecule has 0 aliphatic heterocycles. The largest absolute Gasteiger partial charge is 0.465 e. The van der Waals surface area contributed by atoms with Gasteiger partial charge in [0.05, 0.1) is 22.1 Å². The molecule has 2 aromatic rings. The van der Waals surface area contributed by atoms with E-state index in [1.54, 1.807) is 11.3 Å². The third kappa shape index (κ3) is 3.94. The maximum Gasteiger partial charge on any atom is 0.408 e. The molecule has 1 amide bonds. The predicted octanol–water partition coefficient (Wildman–Crippen LogP) is 4.16. The highest BCUT2D eigenvalue weighted by Crippen LogP contribution is 2.31. The summed E-state index contributed by atoms with van der Waals surface area (Å²) in [6, 6.07) is 7.86. The number of likely N-dealkylation sites (N-methyl/N-ethyl adjacent to an activating group) is 1.